The number of aliphatic hydroxyl groups excluding tert-OH is 1. The molecule has 1 rings (SSSR count). The van der Waals surface area contributed by atoms with Crippen LogP contribution in [-0.4, -0.2) is 29.1 Å². The number of nitrogens with one attached hydrogen (secondary N) is 1. The normalized spacial score (nSPS) is 12.2. The molecule has 0 saturated heterocycles. The van der Waals surface area contributed by atoms with Gasteiger partial charge in [0.25, 0.3) is 5.91 Å². The molecule has 0 aliphatic carbocycles. The Labute approximate surface area is 97.5 Å². The number of carbonyl (C=O) groups excluding carboxylic acids is 1. The van der Waals surface area contributed by atoms with Crippen LogP contribution < -0.4 is 5.32 Å². The van der Waals surface area contributed by atoms with Crippen molar-refractivity contribution in [3.05, 3.63) is 28.8 Å². The zero-order valence-electron chi connectivity index (χ0n) is 8.70. The quantitative estimate of drug-likeness (QED) is 0.786. The molecule has 4 nitrogen and oxygen atoms in total. The number of aromatic nitrogens is 1. The largest absolute Gasteiger partial charge is 0.396 e. The highest BCUT2D eigenvalue weighted by Gasteiger charge is 2.13. The lowest BCUT2D eigenvalue weighted by molar-refractivity contribution is 0.0941. The summed E-state index contributed by atoms with van der Waals surface area (Å²) in [5, 5.41) is 11.2. The van der Waals surface area contributed by atoms with Gasteiger partial charge < -0.3 is 10.4 Å². The first-order valence-corrected chi connectivity index (χ1v) is 5.12. The molecule has 0 radical (unpaired) electrons. The third-order valence-corrected chi connectivity index (χ3v) is 2.27. The summed E-state index contributed by atoms with van der Waals surface area (Å²) in [7, 11) is 0. The maximum absolute atomic E-state index is 12.8. The van der Waals surface area contributed by atoms with Crippen LogP contribution in [0, 0.1) is 11.7 Å². The third-order valence-electron chi connectivity index (χ3n) is 1.97. The van der Waals surface area contributed by atoms with Gasteiger partial charge >= 0.3 is 0 Å². The van der Waals surface area contributed by atoms with Crippen LogP contribution in [-0.2, 0) is 0 Å². The van der Waals surface area contributed by atoms with E-state index in [1.54, 1.807) is 6.92 Å². The molecular weight excluding hydrogens is 235 g/mol. The minimum Gasteiger partial charge on any atom is -0.396 e. The Morgan fingerprint density at radius 3 is 3.06 bits per heavy atom. The molecule has 0 fully saturated rings. The van der Waals surface area contributed by atoms with E-state index in [9.17, 15) is 9.18 Å². The van der Waals surface area contributed by atoms with Crippen LogP contribution >= 0.6 is 11.6 Å². The van der Waals surface area contributed by atoms with Gasteiger partial charge in [-0.3, -0.25) is 4.79 Å². The number of nitrogens with zero attached hydrogens (tertiary/aromatic N) is 1. The molecule has 0 saturated carbocycles. The fraction of sp³-hybridized carbons (Fsp3) is 0.400. The van der Waals surface area contributed by atoms with E-state index in [0.29, 0.717) is 6.54 Å². The predicted molar refractivity (Wildman–Crippen MR) is 57.8 cm³/mol. The number of amides is 1. The highest BCUT2D eigenvalue weighted by Crippen LogP contribution is 2.13. The smallest absolute Gasteiger partial charge is 0.254 e. The highest BCUT2D eigenvalue weighted by atomic mass is 35.5. The van der Waals surface area contributed by atoms with Crippen molar-refractivity contribution in [1.82, 2.24) is 10.3 Å². The lowest BCUT2D eigenvalue weighted by Gasteiger charge is -2.10. The summed E-state index contributed by atoms with van der Waals surface area (Å²) >= 11 is 5.65. The van der Waals surface area contributed by atoms with E-state index in [1.807, 2.05) is 0 Å². The fourth-order valence-corrected chi connectivity index (χ4v) is 1.20. The van der Waals surface area contributed by atoms with Crippen LogP contribution in [0.3, 0.4) is 0 Å². The molecule has 0 aliphatic rings. The summed E-state index contributed by atoms with van der Waals surface area (Å²) < 4.78 is 12.8. The van der Waals surface area contributed by atoms with Crippen LogP contribution in [0.15, 0.2) is 12.3 Å². The Balaban J connectivity index is 2.69. The maximum Gasteiger partial charge on any atom is 0.254 e. The molecule has 1 unspecified atom stereocenters. The Morgan fingerprint density at radius 1 is 1.75 bits per heavy atom. The maximum atomic E-state index is 12.8. The monoisotopic (exact) mass is 246 g/mol. The Bertz CT molecular complexity index is 387. The zero-order chi connectivity index (χ0) is 12.1. The van der Waals surface area contributed by atoms with E-state index in [1.165, 1.54) is 0 Å². The van der Waals surface area contributed by atoms with Gasteiger partial charge in [0.1, 0.15) is 11.0 Å². The number of aliphatic hydroxyl groups is 1. The first-order valence-electron chi connectivity index (χ1n) is 4.74. The van der Waals surface area contributed by atoms with Crippen LogP contribution in [0.25, 0.3) is 0 Å². The van der Waals surface area contributed by atoms with Gasteiger partial charge in [0, 0.05) is 13.2 Å². The van der Waals surface area contributed by atoms with Crippen molar-refractivity contribution in [1.29, 1.82) is 0 Å². The number of rotatable bonds is 4. The molecule has 0 aromatic carbocycles. The van der Waals surface area contributed by atoms with Crippen molar-refractivity contribution >= 4 is 17.5 Å². The molecule has 0 aliphatic heterocycles. The second kappa shape index (κ2) is 5.77. The summed E-state index contributed by atoms with van der Waals surface area (Å²) in [6.07, 6.45) is 0.940. The second-order valence-corrected chi connectivity index (χ2v) is 3.85. The van der Waals surface area contributed by atoms with E-state index in [0.717, 1.165) is 12.3 Å². The fourth-order valence-electron chi connectivity index (χ4n) is 1.01. The zero-order valence-corrected chi connectivity index (χ0v) is 9.46. The lowest BCUT2D eigenvalue weighted by Crippen LogP contribution is -2.29. The van der Waals surface area contributed by atoms with Crippen LogP contribution in [0.2, 0.25) is 5.15 Å². The van der Waals surface area contributed by atoms with Gasteiger partial charge in [-0.05, 0) is 12.0 Å². The van der Waals surface area contributed by atoms with Gasteiger partial charge in [-0.1, -0.05) is 18.5 Å². The average Bonchev–Trinajstić information content (AvgIpc) is 2.28. The van der Waals surface area contributed by atoms with Gasteiger partial charge in [0.15, 0.2) is 0 Å². The van der Waals surface area contributed by atoms with E-state index < -0.39 is 11.7 Å². The molecular formula is C10H12ClFN2O2. The Hall–Kier alpha value is -1.20. The van der Waals surface area contributed by atoms with E-state index >= 15 is 0 Å². The topological polar surface area (TPSA) is 62.2 Å². The van der Waals surface area contributed by atoms with Gasteiger partial charge in [-0.15, -0.1) is 0 Å². The minimum absolute atomic E-state index is 0.00759. The molecule has 88 valence electrons. The SMILES string of the molecule is CC(CO)CNC(=O)c1cc(F)cnc1Cl. The van der Waals surface area contributed by atoms with Crippen molar-refractivity contribution in [2.75, 3.05) is 13.2 Å². The van der Waals surface area contributed by atoms with E-state index in [2.05, 4.69) is 10.3 Å². The number of halogens is 2. The van der Waals surface area contributed by atoms with Gasteiger partial charge in [0.05, 0.1) is 11.8 Å². The summed E-state index contributed by atoms with van der Waals surface area (Å²) in [4.78, 5) is 15.1. The molecule has 1 aromatic rings. The van der Waals surface area contributed by atoms with Crippen molar-refractivity contribution in [3.8, 4) is 0 Å². The second-order valence-electron chi connectivity index (χ2n) is 3.49. The van der Waals surface area contributed by atoms with E-state index in [4.69, 9.17) is 16.7 Å². The molecule has 1 heterocycles. The molecule has 16 heavy (non-hydrogen) atoms. The van der Waals surface area contributed by atoms with Crippen molar-refractivity contribution in [3.63, 3.8) is 0 Å². The summed E-state index contributed by atoms with van der Waals surface area (Å²) in [5.74, 6) is -1.19. The summed E-state index contributed by atoms with van der Waals surface area (Å²) in [5.41, 5.74) is -0.00759. The molecule has 2 N–H and O–H groups in total. The van der Waals surface area contributed by atoms with Crippen molar-refractivity contribution in [2.45, 2.75) is 6.92 Å². The van der Waals surface area contributed by atoms with Crippen molar-refractivity contribution in [2.24, 2.45) is 5.92 Å². The van der Waals surface area contributed by atoms with Gasteiger partial charge in [-0.2, -0.15) is 0 Å². The minimum atomic E-state index is -0.621. The molecule has 1 amide bonds. The number of pyridine rings is 1. The third kappa shape index (κ3) is 3.43. The van der Waals surface area contributed by atoms with Crippen LogP contribution in [0.5, 0.6) is 0 Å². The Morgan fingerprint density at radius 2 is 2.44 bits per heavy atom. The standard InChI is InChI=1S/C10H12ClFN2O2/c1-6(5-15)3-14-10(16)8-2-7(12)4-13-9(8)11/h2,4,6,15H,3,5H2,1H3,(H,14,16). The first kappa shape index (κ1) is 12.9. The predicted octanol–water partition coefficient (Wildman–Crippen LogP) is 1.23. The summed E-state index contributed by atoms with van der Waals surface area (Å²) in [6, 6.07) is 1.02. The molecule has 1 aromatic heterocycles. The van der Waals surface area contributed by atoms with Crippen LogP contribution in [0.1, 0.15) is 17.3 Å². The van der Waals surface area contributed by atoms with E-state index in [-0.39, 0.29) is 23.2 Å². The number of hydrogen-bond donors (Lipinski definition) is 2. The average molecular weight is 247 g/mol. The molecule has 0 spiro atoms. The molecule has 1 atom stereocenters. The Kier molecular flexibility index (Phi) is 4.64. The number of hydrogen-bond acceptors (Lipinski definition) is 3. The van der Waals surface area contributed by atoms with Gasteiger partial charge in [-0.25, -0.2) is 9.37 Å². The molecule has 6 heteroatoms. The highest BCUT2D eigenvalue weighted by molar-refractivity contribution is 6.32. The van der Waals surface area contributed by atoms with Gasteiger partial charge in [0.2, 0.25) is 0 Å². The lowest BCUT2D eigenvalue weighted by atomic mass is 10.2. The van der Waals surface area contributed by atoms with Crippen LogP contribution in [0.4, 0.5) is 4.39 Å². The number of carbonyl (C=O) groups is 1. The first-order chi connectivity index (χ1) is 7.54. The van der Waals surface area contributed by atoms with Crippen molar-refractivity contribution < 1.29 is 14.3 Å². The molecule has 0 bridgehead atoms. The summed E-state index contributed by atoms with van der Waals surface area (Å²) in [6.45, 7) is 2.03.